The molecule has 0 spiro atoms. The van der Waals surface area contributed by atoms with Gasteiger partial charge in [0.15, 0.2) is 0 Å². The molecule has 0 aliphatic heterocycles. The van der Waals surface area contributed by atoms with E-state index in [0.717, 1.165) is 5.56 Å². The van der Waals surface area contributed by atoms with Crippen LogP contribution in [0.1, 0.15) is 22.8 Å². The molecule has 3 N–H and O–H groups in total. The maximum atomic E-state index is 10.8. The van der Waals surface area contributed by atoms with Crippen LogP contribution in [0.3, 0.4) is 0 Å². The number of hydrogen-bond donors (Lipinski definition) is 2. The Labute approximate surface area is 83.0 Å². The summed E-state index contributed by atoms with van der Waals surface area (Å²) in [5.41, 5.74) is 5.97. The molecule has 0 radical (unpaired) electrons. The van der Waals surface area contributed by atoms with Crippen LogP contribution < -0.4 is 5.73 Å². The summed E-state index contributed by atoms with van der Waals surface area (Å²) >= 11 is 0. The van der Waals surface area contributed by atoms with Crippen molar-refractivity contribution in [2.75, 3.05) is 0 Å². The highest BCUT2D eigenvalue weighted by Gasteiger charge is 2.09. The molecule has 0 saturated carbocycles. The van der Waals surface area contributed by atoms with Gasteiger partial charge in [-0.2, -0.15) is 0 Å². The highest BCUT2D eigenvalue weighted by Crippen LogP contribution is 2.21. The number of halogens is 1. The van der Waals surface area contributed by atoms with Gasteiger partial charge in [0.1, 0.15) is 5.75 Å². The van der Waals surface area contributed by atoms with Gasteiger partial charge in [-0.15, -0.1) is 12.4 Å². The van der Waals surface area contributed by atoms with Crippen LogP contribution in [0.5, 0.6) is 5.75 Å². The summed E-state index contributed by atoms with van der Waals surface area (Å²) < 4.78 is 0. The fourth-order valence-electron chi connectivity index (χ4n) is 1.08. The van der Waals surface area contributed by atoms with Crippen molar-refractivity contribution in [2.45, 2.75) is 13.3 Å². The number of aryl methyl sites for hydroxylation is 1. The predicted molar refractivity (Wildman–Crippen MR) is 53.3 cm³/mol. The van der Waals surface area contributed by atoms with Crippen LogP contribution in [-0.2, 0) is 6.42 Å². The molecule has 72 valence electrons. The summed E-state index contributed by atoms with van der Waals surface area (Å²) in [5.74, 6) is -0.588. The maximum absolute atomic E-state index is 10.8. The molecule has 0 heterocycles. The summed E-state index contributed by atoms with van der Waals surface area (Å²) in [5, 5.41) is 9.46. The van der Waals surface area contributed by atoms with Crippen molar-refractivity contribution < 1.29 is 9.90 Å². The lowest BCUT2D eigenvalue weighted by Crippen LogP contribution is -2.11. The molecule has 0 aliphatic carbocycles. The minimum absolute atomic E-state index is 0. The van der Waals surface area contributed by atoms with Crippen molar-refractivity contribution in [3.05, 3.63) is 29.3 Å². The topological polar surface area (TPSA) is 63.3 Å². The van der Waals surface area contributed by atoms with Crippen LogP contribution in [-0.4, -0.2) is 11.0 Å². The molecular weight excluding hydrogens is 190 g/mol. The first-order valence-corrected chi connectivity index (χ1v) is 3.77. The van der Waals surface area contributed by atoms with Gasteiger partial charge < -0.3 is 10.8 Å². The van der Waals surface area contributed by atoms with Crippen LogP contribution >= 0.6 is 12.4 Å². The number of phenols is 1. The van der Waals surface area contributed by atoms with Crippen LogP contribution in [0.2, 0.25) is 0 Å². The molecule has 0 fully saturated rings. The first-order valence-electron chi connectivity index (χ1n) is 3.77. The van der Waals surface area contributed by atoms with Gasteiger partial charge >= 0.3 is 0 Å². The van der Waals surface area contributed by atoms with E-state index in [-0.39, 0.29) is 23.7 Å². The third kappa shape index (κ3) is 2.36. The summed E-state index contributed by atoms with van der Waals surface area (Å²) in [6, 6.07) is 4.98. The van der Waals surface area contributed by atoms with Crippen LogP contribution in [0.25, 0.3) is 0 Å². The minimum Gasteiger partial charge on any atom is -0.507 e. The molecular formula is C9H12ClNO2. The van der Waals surface area contributed by atoms with Gasteiger partial charge in [0.05, 0.1) is 5.56 Å². The Morgan fingerprint density at radius 1 is 1.54 bits per heavy atom. The smallest absolute Gasteiger partial charge is 0.252 e. The fraction of sp³-hybridized carbons (Fsp3) is 0.222. The number of primary amides is 1. The molecule has 1 aromatic rings. The third-order valence-electron chi connectivity index (χ3n) is 1.77. The Bertz CT molecular complexity index is 312. The van der Waals surface area contributed by atoms with Crippen LogP contribution in [0.15, 0.2) is 18.2 Å². The van der Waals surface area contributed by atoms with Crippen molar-refractivity contribution in [2.24, 2.45) is 5.73 Å². The van der Waals surface area contributed by atoms with E-state index in [9.17, 15) is 9.90 Å². The molecule has 1 rings (SSSR count). The van der Waals surface area contributed by atoms with Crippen molar-refractivity contribution in [1.82, 2.24) is 0 Å². The van der Waals surface area contributed by atoms with Gasteiger partial charge in [0.25, 0.3) is 5.91 Å². The molecule has 0 aromatic heterocycles. The predicted octanol–water partition coefficient (Wildman–Crippen LogP) is 1.48. The lowest BCUT2D eigenvalue weighted by Gasteiger charge is -2.04. The quantitative estimate of drug-likeness (QED) is 0.761. The van der Waals surface area contributed by atoms with Gasteiger partial charge in [-0.3, -0.25) is 4.79 Å². The number of benzene rings is 1. The van der Waals surface area contributed by atoms with Crippen molar-refractivity contribution in [1.29, 1.82) is 0 Å². The van der Waals surface area contributed by atoms with Gasteiger partial charge in [0.2, 0.25) is 0 Å². The second kappa shape index (κ2) is 4.72. The van der Waals surface area contributed by atoms with E-state index >= 15 is 0 Å². The van der Waals surface area contributed by atoms with Gasteiger partial charge in [-0.05, 0) is 18.1 Å². The summed E-state index contributed by atoms with van der Waals surface area (Å²) in [7, 11) is 0. The number of para-hydroxylation sites is 1. The van der Waals surface area contributed by atoms with E-state index < -0.39 is 5.91 Å². The highest BCUT2D eigenvalue weighted by molar-refractivity contribution is 5.95. The summed E-state index contributed by atoms with van der Waals surface area (Å²) in [6.45, 7) is 1.90. The highest BCUT2D eigenvalue weighted by atomic mass is 35.5. The molecule has 1 aromatic carbocycles. The Morgan fingerprint density at radius 3 is 2.62 bits per heavy atom. The van der Waals surface area contributed by atoms with E-state index in [2.05, 4.69) is 0 Å². The van der Waals surface area contributed by atoms with E-state index in [1.807, 2.05) is 6.92 Å². The fourth-order valence-corrected chi connectivity index (χ4v) is 1.08. The number of hydrogen-bond acceptors (Lipinski definition) is 2. The average molecular weight is 202 g/mol. The first kappa shape index (κ1) is 11.8. The van der Waals surface area contributed by atoms with Crippen LogP contribution in [0.4, 0.5) is 0 Å². The number of amides is 1. The second-order valence-corrected chi connectivity index (χ2v) is 2.53. The molecule has 0 saturated heterocycles. The number of nitrogens with two attached hydrogens (primary N) is 1. The van der Waals surface area contributed by atoms with E-state index in [0.29, 0.717) is 6.42 Å². The Hall–Kier alpha value is -1.22. The monoisotopic (exact) mass is 201 g/mol. The molecule has 0 bridgehead atoms. The summed E-state index contributed by atoms with van der Waals surface area (Å²) in [6.07, 6.45) is 0.687. The number of carbonyl (C=O) groups is 1. The zero-order valence-electron chi connectivity index (χ0n) is 7.28. The zero-order chi connectivity index (χ0) is 9.14. The maximum Gasteiger partial charge on any atom is 0.252 e. The molecule has 1 amide bonds. The SMILES string of the molecule is CCc1cccc(C(N)=O)c1O.Cl. The minimum atomic E-state index is -0.595. The van der Waals surface area contributed by atoms with Gasteiger partial charge in [-0.25, -0.2) is 0 Å². The zero-order valence-corrected chi connectivity index (χ0v) is 8.10. The lowest BCUT2D eigenvalue weighted by atomic mass is 10.1. The molecule has 4 heteroatoms. The van der Waals surface area contributed by atoms with Crippen LogP contribution in [0, 0.1) is 0 Å². The van der Waals surface area contributed by atoms with Gasteiger partial charge in [-0.1, -0.05) is 19.1 Å². The Kier molecular flexibility index (Phi) is 4.28. The van der Waals surface area contributed by atoms with E-state index in [4.69, 9.17) is 5.73 Å². The normalized spacial score (nSPS) is 9.00. The Balaban J connectivity index is 0.00000144. The van der Waals surface area contributed by atoms with Gasteiger partial charge in [0, 0.05) is 0 Å². The van der Waals surface area contributed by atoms with Crippen molar-refractivity contribution in [3.63, 3.8) is 0 Å². The third-order valence-corrected chi connectivity index (χ3v) is 1.77. The van der Waals surface area contributed by atoms with E-state index in [1.165, 1.54) is 6.07 Å². The second-order valence-electron chi connectivity index (χ2n) is 2.53. The molecule has 3 nitrogen and oxygen atoms in total. The van der Waals surface area contributed by atoms with Crippen molar-refractivity contribution >= 4 is 18.3 Å². The molecule has 0 unspecified atom stereocenters. The van der Waals surface area contributed by atoms with E-state index in [1.54, 1.807) is 12.1 Å². The molecule has 0 aliphatic rings. The number of aromatic hydroxyl groups is 1. The Morgan fingerprint density at radius 2 is 2.15 bits per heavy atom. The first-order chi connectivity index (χ1) is 5.66. The lowest BCUT2D eigenvalue weighted by molar-refractivity contribution is 0.0997. The largest absolute Gasteiger partial charge is 0.507 e. The number of carbonyl (C=O) groups excluding carboxylic acids is 1. The molecule has 0 atom stereocenters. The molecule has 13 heavy (non-hydrogen) atoms. The van der Waals surface area contributed by atoms with Crippen molar-refractivity contribution in [3.8, 4) is 5.75 Å². The number of rotatable bonds is 2. The summed E-state index contributed by atoms with van der Waals surface area (Å²) in [4.78, 5) is 10.8. The average Bonchev–Trinajstić information content (AvgIpc) is 2.04. The standard InChI is InChI=1S/C9H11NO2.ClH/c1-2-6-4-3-5-7(8(6)11)9(10)12;/h3-5,11H,2H2,1H3,(H2,10,12);1H.